The van der Waals surface area contributed by atoms with Gasteiger partial charge in [0.25, 0.3) is 5.91 Å². The van der Waals surface area contributed by atoms with Gasteiger partial charge in [-0.15, -0.1) is 11.3 Å². The Morgan fingerprint density at radius 1 is 1.39 bits per heavy atom. The van der Waals surface area contributed by atoms with Crippen molar-refractivity contribution in [2.45, 2.75) is 31.7 Å². The predicted molar refractivity (Wildman–Crippen MR) is 114 cm³/mol. The molecule has 1 aliphatic rings. The largest absolute Gasteiger partial charge is 0.397 e. The summed E-state index contributed by atoms with van der Waals surface area (Å²) in [5.74, 6) is -0.159. The number of nitrogen functional groups attached to an aromatic ring is 1. The number of nitrogens with one attached hydrogen (secondary N) is 1. The van der Waals surface area contributed by atoms with E-state index in [-0.39, 0.29) is 11.3 Å². The molecule has 0 saturated carbocycles. The molecule has 3 aromatic heterocycles. The fourth-order valence-corrected chi connectivity index (χ4v) is 5.09. The molecule has 146 valence electrons. The third-order valence-electron chi connectivity index (χ3n) is 5.55. The van der Waals surface area contributed by atoms with E-state index in [1.807, 2.05) is 24.5 Å². The van der Waals surface area contributed by atoms with Crippen LogP contribution in [0.15, 0.2) is 36.7 Å². The molecule has 3 aromatic rings. The lowest BCUT2D eigenvalue weighted by atomic mass is 9.78. The minimum absolute atomic E-state index is 0.0272. The number of carbonyl (C=O) groups excluding carboxylic acids is 1. The maximum absolute atomic E-state index is 12.0. The van der Waals surface area contributed by atoms with Gasteiger partial charge in [-0.25, -0.2) is 4.98 Å². The number of nitrogens with zero attached hydrogens (tertiary/aromatic N) is 3. The van der Waals surface area contributed by atoms with E-state index in [9.17, 15) is 4.79 Å². The van der Waals surface area contributed by atoms with E-state index in [2.05, 4.69) is 34.3 Å². The molecule has 28 heavy (non-hydrogen) atoms. The lowest BCUT2D eigenvalue weighted by Crippen LogP contribution is -2.44. The standard InChI is InChI=1S/C21H25N5OS/c1-21(8-4-10-26(13-21)12-14-5-3-9-24-11-14)16-7-6-15-17(22)18(19(27)23-2)28-20(15)25-16/h3,5-7,9,11H,4,8,10,12-13,22H2,1-2H3,(H,23,27). The number of rotatable bonds is 4. The minimum Gasteiger partial charge on any atom is -0.397 e. The molecular weight excluding hydrogens is 370 g/mol. The van der Waals surface area contributed by atoms with Gasteiger partial charge < -0.3 is 11.1 Å². The fourth-order valence-electron chi connectivity index (χ4n) is 4.05. The number of piperidine rings is 1. The Bertz CT molecular complexity index is 1000. The normalized spacial score (nSPS) is 20.4. The third kappa shape index (κ3) is 3.47. The van der Waals surface area contributed by atoms with Gasteiger partial charge >= 0.3 is 0 Å². The number of hydrogen-bond acceptors (Lipinski definition) is 6. The average molecular weight is 396 g/mol. The first-order chi connectivity index (χ1) is 13.5. The first-order valence-electron chi connectivity index (χ1n) is 9.53. The topological polar surface area (TPSA) is 84.1 Å². The van der Waals surface area contributed by atoms with Crippen LogP contribution in [0.5, 0.6) is 0 Å². The summed E-state index contributed by atoms with van der Waals surface area (Å²) in [7, 11) is 1.62. The van der Waals surface area contributed by atoms with Crippen molar-refractivity contribution in [2.75, 3.05) is 25.9 Å². The van der Waals surface area contributed by atoms with E-state index in [0.29, 0.717) is 10.6 Å². The van der Waals surface area contributed by atoms with Crippen molar-refractivity contribution in [1.29, 1.82) is 0 Å². The summed E-state index contributed by atoms with van der Waals surface area (Å²) in [6.07, 6.45) is 5.97. The fraction of sp³-hybridized carbons (Fsp3) is 0.381. The number of anilines is 1. The van der Waals surface area contributed by atoms with Crippen molar-refractivity contribution >= 4 is 33.1 Å². The van der Waals surface area contributed by atoms with E-state index >= 15 is 0 Å². The van der Waals surface area contributed by atoms with Gasteiger partial charge in [-0.3, -0.25) is 14.7 Å². The molecule has 6 nitrogen and oxygen atoms in total. The first kappa shape index (κ1) is 18.8. The second-order valence-electron chi connectivity index (χ2n) is 7.71. The van der Waals surface area contributed by atoms with Gasteiger partial charge in [0.15, 0.2) is 0 Å². The van der Waals surface area contributed by atoms with Crippen LogP contribution in [0.4, 0.5) is 5.69 Å². The minimum atomic E-state index is -0.159. The van der Waals surface area contributed by atoms with E-state index < -0.39 is 0 Å². The van der Waals surface area contributed by atoms with E-state index in [0.717, 1.165) is 48.4 Å². The molecule has 1 amide bonds. The Morgan fingerprint density at radius 3 is 3.00 bits per heavy atom. The monoisotopic (exact) mass is 395 g/mol. The molecule has 7 heteroatoms. The maximum Gasteiger partial charge on any atom is 0.263 e. The quantitative estimate of drug-likeness (QED) is 0.709. The van der Waals surface area contributed by atoms with Crippen LogP contribution in [-0.4, -0.2) is 40.9 Å². The van der Waals surface area contributed by atoms with Crippen molar-refractivity contribution in [3.05, 3.63) is 52.8 Å². The molecule has 1 aliphatic heterocycles. The number of fused-ring (bicyclic) bond motifs is 1. The maximum atomic E-state index is 12.0. The zero-order valence-electron chi connectivity index (χ0n) is 16.2. The Morgan fingerprint density at radius 2 is 2.25 bits per heavy atom. The summed E-state index contributed by atoms with van der Waals surface area (Å²) in [6, 6.07) is 8.20. The third-order valence-corrected chi connectivity index (χ3v) is 6.66. The van der Waals surface area contributed by atoms with Crippen LogP contribution in [0.3, 0.4) is 0 Å². The van der Waals surface area contributed by atoms with Crippen LogP contribution in [0, 0.1) is 0 Å². The number of pyridine rings is 2. The number of likely N-dealkylation sites (tertiary alicyclic amines) is 1. The van der Waals surface area contributed by atoms with Gasteiger partial charge in [0.05, 0.1) is 5.69 Å². The molecule has 4 rings (SSSR count). The highest BCUT2D eigenvalue weighted by molar-refractivity contribution is 7.21. The molecule has 3 N–H and O–H groups in total. The van der Waals surface area contributed by atoms with Crippen molar-refractivity contribution < 1.29 is 4.79 Å². The van der Waals surface area contributed by atoms with E-state index in [1.54, 1.807) is 7.05 Å². The highest BCUT2D eigenvalue weighted by Gasteiger charge is 2.34. The van der Waals surface area contributed by atoms with Gasteiger partial charge in [-0.2, -0.15) is 0 Å². The number of amides is 1. The molecule has 4 heterocycles. The summed E-state index contributed by atoms with van der Waals surface area (Å²) >= 11 is 1.37. The molecule has 0 aromatic carbocycles. The van der Waals surface area contributed by atoms with E-state index in [1.165, 1.54) is 16.9 Å². The van der Waals surface area contributed by atoms with Crippen LogP contribution in [0.25, 0.3) is 10.2 Å². The molecule has 1 unspecified atom stereocenters. The number of carbonyl (C=O) groups is 1. The Kier molecular flexibility index (Phi) is 5.03. The van der Waals surface area contributed by atoms with Crippen LogP contribution in [0.1, 0.15) is 40.7 Å². The summed E-state index contributed by atoms with van der Waals surface area (Å²) in [6.45, 7) is 5.22. The summed E-state index contributed by atoms with van der Waals surface area (Å²) in [5.41, 5.74) is 8.97. The molecule has 1 atom stereocenters. The smallest absolute Gasteiger partial charge is 0.263 e. The zero-order chi connectivity index (χ0) is 19.7. The highest BCUT2D eigenvalue weighted by Crippen LogP contribution is 2.37. The highest BCUT2D eigenvalue weighted by atomic mass is 32.1. The molecule has 0 radical (unpaired) electrons. The summed E-state index contributed by atoms with van der Waals surface area (Å²) in [4.78, 5) is 25.1. The van der Waals surface area contributed by atoms with Crippen LogP contribution in [-0.2, 0) is 12.0 Å². The predicted octanol–water partition coefficient (Wildman–Crippen LogP) is 3.19. The Balaban J connectivity index is 1.61. The first-order valence-corrected chi connectivity index (χ1v) is 10.3. The van der Waals surface area contributed by atoms with Crippen molar-refractivity contribution in [2.24, 2.45) is 0 Å². The molecule has 0 aliphatic carbocycles. The van der Waals surface area contributed by atoms with Crippen molar-refractivity contribution in [1.82, 2.24) is 20.2 Å². The summed E-state index contributed by atoms with van der Waals surface area (Å²) < 4.78 is 0. The van der Waals surface area contributed by atoms with E-state index in [4.69, 9.17) is 10.7 Å². The van der Waals surface area contributed by atoms with Gasteiger partial charge in [-0.1, -0.05) is 13.0 Å². The van der Waals surface area contributed by atoms with Gasteiger partial charge in [0.1, 0.15) is 9.71 Å². The number of thiophene rings is 1. The Labute approximate surface area is 168 Å². The SMILES string of the molecule is CNC(=O)c1sc2nc(C3(C)CCCN(Cc4cccnc4)C3)ccc2c1N. The van der Waals surface area contributed by atoms with Crippen LogP contribution in [0.2, 0.25) is 0 Å². The molecule has 0 spiro atoms. The van der Waals surface area contributed by atoms with Crippen LogP contribution < -0.4 is 11.1 Å². The molecule has 0 bridgehead atoms. The summed E-state index contributed by atoms with van der Waals surface area (Å²) in [5, 5.41) is 3.51. The second kappa shape index (κ2) is 7.48. The molecule has 1 fully saturated rings. The second-order valence-corrected chi connectivity index (χ2v) is 8.71. The van der Waals surface area contributed by atoms with Crippen molar-refractivity contribution in [3.8, 4) is 0 Å². The number of aromatic nitrogens is 2. The Hall–Kier alpha value is -2.51. The zero-order valence-corrected chi connectivity index (χ0v) is 17.1. The van der Waals surface area contributed by atoms with Gasteiger partial charge in [-0.05, 0) is 43.1 Å². The van der Waals surface area contributed by atoms with Crippen LogP contribution >= 0.6 is 11.3 Å². The lowest BCUT2D eigenvalue weighted by Gasteiger charge is -2.40. The number of nitrogens with two attached hydrogens (primary N) is 1. The lowest BCUT2D eigenvalue weighted by molar-refractivity contribution is 0.0968. The number of hydrogen-bond donors (Lipinski definition) is 2. The molecular formula is C21H25N5OS. The van der Waals surface area contributed by atoms with Gasteiger partial charge in [0, 0.05) is 49.0 Å². The van der Waals surface area contributed by atoms with Gasteiger partial charge in [0.2, 0.25) is 0 Å². The molecule has 1 saturated heterocycles. The van der Waals surface area contributed by atoms with Crippen molar-refractivity contribution in [3.63, 3.8) is 0 Å². The average Bonchev–Trinajstić information content (AvgIpc) is 3.04.